The van der Waals surface area contributed by atoms with Gasteiger partial charge in [0.2, 0.25) is 0 Å². The van der Waals surface area contributed by atoms with E-state index in [1.54, 1.807) is 6.07 Å². The summed E-state index contributed by atoms with van der Waals surface area (Å²) in [5, 5.41) is 2.32. The van der Waals surface area contributed by atoms with E-state index in [9.17, 15) is 4.79 Å². The number of thiophene rings is 1. The van der Waals surface area contributed by atoms with Gasteiger partial charge in [-0.15, -0.1) is 11.3 Å². The molecule has 3 aromatic rings. The van der Waals surface area contributed by atoms with Crippen molar-refractivity contribution in [1.29, 1.82) is 0 Å². The first-order chi connectivity index (χ1) is 10.0. The molecule has 0 aliphatic carbocycles. The fourth-order valence-corrected chi connectivity index (χ4v) is 3.94. The third-order valence-electron chi connectivity index (χ3n) is 2.86. The van der Waals surface area contributed by atoms with Crippen molar-refractivity contribution in [3.63, 3.8) is 0 Å². The van der Waals surface area contributed by atoms with Gasteiger partial charge in [0.25, 0.3) is 5.56 Å². The van der Waals surface area contributed by atoms with Crippen LogP contribution in [0.4, 0.5) is 0 Å². The second-order valence-electron chi connectivity index (χ2n) is 4.48. The molecule has 0 bridgehead atoms. The smallest absolute Gasteiger partial charge is 0.260 e. The van der Waals surface area contributed by atoms with Gasteiger partial charge in [0.05, 0.1) is 15.4 Å². The van der Waals surface area contributed by atoms with Crippen LogP contribution in [0.3, 0.4) is 0 Å². The van der Waals surface area contributed by atoms with Crippen LogP contribution < -0.4 is 5.56 Å². The summed E-state index contributed by atoms with van der Waals surface area (Å²) in [5.41, 5.74) is 0.931. The van der Waals surface area contributed by atoms with Crippen molar-refractivity contribution in [3.05, 3.63) is 55.1 Å². The van der Waals surface area contributed by atoms with Gasteiger partial charge in [0.1, 0.15) is 4.83 Å². The van der Waals surface area contributed by atoms with Crippen LogP contribution in [-0.4, -0.2) is 9.97 Å². The van der Waals surface area contributed by atoms with E-state index in [2.05, 4.69) is 9.97 Å². The first-order valence-corrected chi connectivity index (χ1v) is 8.66. The van der Waals surface area contributed by atoms with Crippen LogP contribution in [0.15, 0.2) is 34.2 Å². The maximum absolute atomic E-state index is 12.0. The summed E-state index contributed by atoms with van der Waals surface area (Å²) >= 11 is 14.9. The summed E-state index contributed by atoms with van der Waals surface area (Å²) in [4.78, 5) is 21.1. The number of hydrogen-bond donors (Lipinski definition) is 1. The first kappa shape index (κ1) is 14.9. The summed E-state index contributed by atoms with van der Waals surface area (Å²) in [5.74, 6) is 0.662. The zero-order valence-electron chi connectivity index (χ0n) is 10.9. The minimum Gasteiger partial charge on any atom is -0.301 e. The molecule has 0 saturated carbocycles. The van der Waals surface area contributed by atoms with Crippen molar-refractivity contribution in [3.8, 4) is 0 Å². The van der Waals surface area contributed by atoms with E-state index < -0.39 is 0 Å². The molecule has 3 rings (SSSR count). The highest BCUT2D eigenvalue weighted by molar-refractivity contribution is 7.98. The number of benzene rings is 1. The molecule has 0 aliphatic heterocycles. The highest BCUT2D eigenvalue weighted by atomic mass is 35.5. The number of aromatic nitrogens is 2. The summed E-state index contributed by atoms with van der Waals surface area (Å²) in [6.07, 6.45) is 0. The molecule has 0 spiro atoms. The van der Waals surface area contributed by atoms with Crippen LogP contribution in [-0.2, 0) is 5.75 Å². The third-order valence-corrected chi connectivity index (χ3v) is 5.49. The fraction of sp³-hybridized carbons (Fsp3) is 0.143. The largest absolute Gasteiger partial charge is 0.301 e. The fourth-order valence-electron chi connectivity index (χ4n) is 1.88. The van der Waals surface area contributed by atoms with E-state index in [1.807, 2.05) is 25.1 Å². The lowest BCUT2D eigenvalue weighted by Gasteiger charge is -2.03. The van der Waals surface area contributed by atoms with Crippen molar-refractivity contribution in [2.45, 2.75) is 17.8 Å². The average molecular weight is 357 g/mol. The molecule has 108 valence electrons. The van der Waals surface area contributed by atoms with Gasteiger partial charge in [0, 0.05) is 10.6 Å². The number of fused-ring (bicyclic) bond motifs is 1. The monoisotopic (exact) mass is 356 g/mol. The molecule has 0 aliphatic rings. The minimum absolute atomic E-state index is 0.0963. The first-order valence-electron chi connectivity index (χ1n) is 6.10. The maximum atomic E-state index is 12.0. The Morgan fingerprint density at radius 2 is 2.10 bits per heavy atom. The van der Waals surface area contributed by atoms with Gasteiger partial charge in [-0.2, -0.15) is 0 Å². The van der Waals surface area contributed by atoms with E-state index >= 15 is 0 Å². The molecule has 21 heavy (non-hydrogen) atoms. The van der Waals surface area contributed by atoms with Crippen LogP contribution in [0.1, 0.15) is 10.4 Å². The number of thioether (sulfide) groups is 1. The Bertz CT molecular complexity index is 873. The predicted molar refractivity (Wildman–Crippen MR) is 91.0 cm³/mol. The molecule has 3 nitrogen and oxygen atoms in total. The average Bonchev–Trinajstić information content (AvgIpc) is 2.81. The SMILES string of the molecule is Cc1cc2c(=O)[nH]c(SCc3ccc(Cl)c(Cl)c3)nc2s1. The number of aromatic amines is 1. The van der Waals surface area contributed by atoms with Crippen molar-refractivity contribution >= 4 is 56.5 Å². The Morgan fingerprint density at radius 1 is 1.29 bits per heavy atom. The second kappa shape index (κ2) is 6.01. The zero-order valence-corrected chi connectivity index (χ0v) is 14.1. The molecule has 2 aromatic heterocycles. The number of H-pyrrole nitrogens is 1. The van der Waals surface area contributed by atoms with Crippen LogP contribution in [0, 0.1) is 6.92 Å². The molecule has 0 saturated heterocycles. The van der Waals surface area contributed by atoms with Gasteiger partial charge in [0.15, 0.2) is 5.16 Å². The van der Waals surface area contributed by atoms with E-state index in [4.69, 9.17) is 23.2 Å². The molecular weight excluding hydrogens is 347 g/mol. The Kier molecular flexibility index (Phi) is 4.26. The molecule has 0 amide bonds. The summed E-state index contributed by atoms with van der Waals surface area (Å²) in [6.45, 7) is 1.97. The van der Waals surface area contributed by atoms with E-state index in [0.717, 1.165) is 15.3 Å². The Hall–Kier alpha value is -1.01. The van der Waals surface area contributed by atoms with Gasteiger partial charge in [-0.25, -0.2) is 4.98 Å². The topological polar surface area (TPSA) is 45.8 Å². The number of nitrogens with one attached hydrogen (secondary N) is 1. The van der Waals surface area contributed by atoms with Crippen molar-refractivity contribution < 1.29 is 0 Å². The summed E-state index contributed by atoms with van der Waals surface area (Å²) < 4.78 is 0. The second-order valence-corrected chi connectivity index (χ2v) is 7.50. The maximum Gasteiger partial charge on any atom is 0.260 e. The lowest BCUT2D eigenvalue weighted by Crippen LogP contribution is -2.07. The number of aryl methyl sites for hydroxylation is 1. The quantitative estimate of drug-likeness (QED) is 0.536. The summed E-state index contributed by atoms with van der Waals surface area (Å²) in [6, 6.07) is 7.36. The van der Waals surface area contributed by atoms with Gasteiger partial charge >= 0.3 is 0 Å². The number of rotatable bonds is 3. The molecule has 2 heterocycles. The Labute approximate surface area is 139 Å². The number of halogens is 2. The Morgan fingerprint density at radius 3 is 2.86 bits per heavy atom. The zero-order chi connectivity index (χ0) is 15.0. The van der Waals surface area contributed by atoms with Gasteiger partial charge in [-0.1, -0.05) is 41.0 Å². The minimum atomic E-state index is -0.0963. The van der Waals surface area contributed by atoms with Crippen molar-refractivity contribution in [1.82, 2.24) is 9.97 Å². The highest BCUT2D eigenvalue weighted by Gasteiger charge is 2.08. The molecule has 1 aromatic carbocycles. The molecular formula is C14H10Cl2N2OS2. The van der Waals surface area contributed by atoms with Crippen LogP contribution in [0.2, 0.25) is 10.0 Å². The van der Waals surface area contributed by atoms with E-state index in [1.165, 1.54) is 23.1 Å². The summed E-state index contributed by atoms with van der Waals surface area (Å²) in [7, 11) is 0. The standard InChI is InChI=1S/C14H10Cl2N2OS2/c1-7-4-9-12(19)17-14(18-13(9)21-7)20-6-8-2-3-10(15)11(16)5-8/h2-5H,6H2,1H3,(H,17,18,19). The number of nitrogens with zero attached hydrogens (tertiary/aromatic N) is 1. The van der Waals surface area contributed by atoms with Gasteiger partial charge < -0.3 is 4.98 Å². The predicted octanol–water partition coefficient (Wildman–Crippen LogP) is 4.89. The van der Waals surface area contributed by atoms with E-state index in [0.29, 0.717) is 26.3 Å². The van der Waals surface area contributed by atoms with Crippen molar-refractivity contribution in [2.75, 3.05) is 0 Å². The van der Waals surface area contributed by atoms with Gasteiger partial charge in [-0.05, 0) is 30.7 Å². The van der Waals surface area contributed by atoms with E-state index in [-0.39, 0.29) is 5.56 Å². The molecule has 7 heteroatoms. The molecule has 0 fully saturated rings. The van der Waals surface area contributed by atoms with Crippen molar-refractivity contribution in [2.24, 2.45) is 0 Å². The molecule has 0 unspecified atom stereocenters. The van der Waals surface area contributed by atoms with Crippen LogP contribution in [0.25, 0.3) is 10.2 Å². The number of hydrogen-bond acceptors (Lipinski definition) is 4. The van der Waals surface area contributed by atoms with Crippen LogP contribution >= 0.6 is 46.3 Å². The molecule has 0 atom stereocenters. The normalized spacial score (nSPS) is 11.2. The lowest BCUT2D eigenvalue weighted by molar-refractivity contribution is 0.979. The Balaban J connectivity index is 1.84. The molecule has 0 radical (unpaired) electrons. The lowest BCUT2D eigenvalue weighted by atomic mass is 10.2. The highest BCUT2D eigenvalue weighted by Crippen LogP contribution is 2.27. The van der Waals surface area contributed by atoms with Gasteiger partial charge in [-0.3, -0.25) is 4.79 Å². The third kappa shape index (κ3) is 3.26. The molecule has 1 N–H and O–H groups in total. The van der Waals surface area contributed by atoms with Crippen LogP contribution in [0.5, 0.6) is 0 Å².